The molecule has 184 valence electrons. The Kier molecular flexibility index (Phi) is 8.65. The normalized spacial score (nSPS) is 12.0. The van der Waals surface area contributed by atoms with Crippen LogP contribution in [0, 0.1) is 6.92 Å². The highest BCUT2D eigenvalue weighted by Crippen LogP contribution is 2.25. The number of carbonyl (C=O) groups excluding carboxylic acids is 2. The number of likely N-dealkylation sites (N-methyl/N-ethyl adjacent to an activating group) is 1. The first-order valence-electron chi connectivity index (χ1n) is 11.5. The Hall–Kier alpha value is -3.65. The maximum Gasteiger partial charge on any atom is 0.264 e. The Morgan fingerprint density at radius 2 is 1.54 bits per heavy atom. The lowest BCUT2D eigenvalue weighted by Gasteiger charge is -2.33. The number of hydrogen-bond donors (Lipinski definition) is 1. The monoisotopic (exact) mass is 493 g/mol. The zero-order valence-electron chi connectivity index (χ0n) is 20.2. The molecule has 0 radical (unpaired) electrons. The summed E-state index contributed by atoms with van der Waals surface area (Å²) < 4.78 is 28.4. The van der Waals surface area contributed by atoms with Gasteiger partial charge in [-0.1, -0.05) is 67.6 Å². The molecule has 0 saturated heterocycles. The van der Waals surface area contributed by atoms with Crippen molar-refractivity contribution >= 4 is 27.5 Å². The van der Waals surface area contributed by atoms with Gasteiger partial charge >= 0.3 is 0 Å². The minimum atomic E-state index is -4.05. The summed E-state index contributed by atoms with van der Waals surface area (Å²) in [5.74, 6) is -0.768. The van der Waals surface area contributed by atoms with Gasteiger partial charge in [0.25, 0.3) is 10.0 Å². The molecule has 0 bridgehead atoms. The second-order valence-corrected chi connectivity index (χ2v) is 10.1. The van der Waals surface area contributed by atoms with Gasteiger partial charge in [-0.3, -0.25) is 13.9 Å². The third-order valence-electron chi connectivity index (χ3n) is 5.73. The number of amides is 2. The predicted octanol–water partition coefficient (Wildman–Crippen LogP) is 3.74. The average molecular weight is 494 g/mol. The molecule has 3 aromatic carbocycles. The molecule has 2 amide bonds. The topological polar surface area (TPSA) is 86.8 Å². The first-order chi connectivity index (χ1) is 16.8. The fourth-order valence-electron chi connectivity index (χ4n) is 3.90. The van der Waals surface area contributed by atoms with Crippen LogP contribution in [0.5, 0.6) is 0 Å². The molecule has 0 unspecified atom stereocenters. The number of nitrogens with zero attached hydrogens (tertiary/aromatic N) is 2. The molecule has 0 aliphatic carbocycles. The van der Waals surface area contributed by atoms with E-state index < -0.39 is 28.5 Å². The predicted molar refractivity (Wildman–Crippen MR) is 137 cm³/mol. The van der Waals surface area contributed by atoms with Gasteiger partial charge in [0.2, 0.25) is 11.8 Å². The lowest BCUT2D eigenvalue weighted by atomic mass is 10.1. The lowest BCUT2D eigenvalue weighted by molar-refractivity contribution is -0.140. The van der Waals surface area contributed by atoms with Crippen LogP contribution in [0.4, 0.5) is 5.69 Å². The number of rotatable bonds is 10. The van der Waals surface area contributed by atoms with Crippen LogP contribution in [0.15, 0.2) is 89.8 Å². The molecule has 0 fully saturated rings. The minimum absolute atomic E-state index is 0.0854. The van der Waals surface area contributed by atoms with Crippen molar-refractivity contribution in [3.63, 3.8) is 0 Å². The summed E-state index contributed by atoms with van der Waals surface area (Å²) in [6.07, 6.45) is 0.383. The summed E-state index contributed by atoms with van der Waals surface area (Å²) in [4.78, 5) is 28.0. The molecule has 0 aliphatic heterocycles. The van der Waals surface area contributed by atoms with Crippen molar-refractivity contribution in [2.45, 2.75) is 37.8 Å². The third kappa shape index (κ3) is 6.27. The Morgan fingerprint density at radius 1 is 0.914 bits per heavy atom. The van der Waals surface area contributed by atoms with Gasteiger partial charge in [0.05, 0.1) is 10.6 Å². The van der Waals surface area contributed by atoms with E-state index in [4.69, 9.17) is 0 Å². The number of nitrogens with one attached hydrogen (secondary N) is 1. The van der Waals surface area contributed by atoms with E-state index in [0.29, 0.717) is 12.1 Å². The van der Waals surface area contributed by atoms with E-state index in [1.807, 2.05) is 50.2 Å². The van der Waals surface area contributed by atoms with E-state index in [0.717, 1.165) is 15.4 Å². The number of sulfonamides is 1. The summed E-state index contributed by atoms with van der Waals surface area (Å²) in [6.45, 7) is 3.42. The molecule has 0 heterocycles. The summed E-state index contributed by atoms with van der Waals surface area (Å²) in [5.41, 5.74) is 2.09. The lowest BCUT2D eigenvalue weighted by Crippen LogP contribution is -2.51. The second-order valence-electron chi connectivity index (χ2n) is 8.21. The van der Waals surface area contributed by atoms with Crippen LogP contribution in [0.3, 0.4) is 0 Å². The largest absolute Gasteiger partial charge is 0.357 e. The van der Waals surface area contributed by atoms with E-state index in [2.05, 4.69) is 5.32 Å². The molecule has 7 nitrogen and oxygen atoms in total. The van der Waals surface area contributed by atoms with Crippen LogP contribution >= 0.6 is 0 Å². The van der Waals surface area contributed by atoms with E-state index >= 15 is 0 Å². The molecule has 0 aliphatic rings. The summed E-state index contributed by atoms with van der Waals surface area (Å²) in [5, 5.41) is 2.62. The zero-order chi connectivity index (χ0) is 25.4. The molecule has 8 heteroatoms. The van der Waals surface area contributed by atoms with Crippen LogP contribution in [0.1, 0.15) is 24.5 Å². The highest BCUT2D eigenvalue weighted by atomic mass is 32.2. The third-order valence-corrected chi connectivity index (χ3v) is 7.52. The van der Waals surface area contributed by atoms with E-state index in [9.17, 15) is 18.0 Å². The number of benzene rings is 3. The van der Waals surface area contributed by atoms with Gasteiger partial charge in [-0.15, -0.1) is 0 Å². The standard InChI is InChI=1S/C27H31N3O4S/c1-4-25(27(32)28-3)29(19-22-13-7-5-8-14-22)26(31)20-30(23-15-11-12-21(2)18-23)35(33,34)24-16-9-6-10-17-24/h5-18,25H,4,19-20H2,1-3H3,(H,28,32)/t25-/m1/s1. The number of carbonyl (C=O) groups is 2. The maximum atomic E-state index is 13.8. The van der Waals surface area contributed by atoms with Gasteiger partial charge in [0.1, 0.15) is 12.6 Å². The highest BCUT2D eigenvalue weighted by Gasteiger charge is 2.33. The van der Waals surface area contributed by atoms with Crippen LogP contribution in [-0.4, -0.2) is 44.8 Å². The van der Waals surface area contributed by atoms with Crippen molar-refractivity contribution in [3.05, 3.63) is 96.1 Å². The molecule has 3 aromatic rings. The highest BCUT2D eigenvalue weighted by molar-refractivity contribution is 7.92. The smallest absolute Gasteiger partial charge is 0.264 e. The second kappa shape index (κ2) is 11.7. The van der Waals surface area contributed by atoms with Crippen LogP contribution in [0.2, 0.25) is 0 Å². The molecule has 1 N–H and O–H groups in total. The van der Waals surface area contributed by atoms with Crippen molar-refractivity contribution < 1.29 is 18.0 Å². The van der Waals surface area contributed by atoms with E-state index in [1.165, 1.54) is 24.1 Å². The van der Waals surface area contributed by atoms with Crippen molar-refractivity contribution in [1.82, 2.24) is 10.2 Å². The Bertz CT molecular complexity index is 1250. The van der Waals surface area contributed by atoms with Gasteiger partial charge in [-0.2, -0.15) is 0 Å². The quantitative estimate of drug-likeness (QED) is 0.466. The molecule has 1 atom stereocenters. The Morgan fingerprint density at radius 3 is 2.11 bits per heavy atom. The number of aryl methyl sites for hydroxylation is 1. The Balaban J connectivity index is 2.04. The van der Waals surface area contributed by atoms with Gasteiger partial charge in [-0.25, -0.2) is 8.42 Å². The molecule has 35 heavy (non-hydrogen) atoms. The van der Waals surface area contributed by atoms with Gasteiger partial charge in [0, 0.05) is 13.6 Å². The van der Waals surface area contributed by atoms with Crippen LogP contribution < -0.4 is 9.62 Å². The van der Waals surface area contributed by atoms with Crippen molar-refractivity contribution in [1.29, 1.82) is 0 Å². The molecule has 0 saturated carbocycles. The summed E-state index contributed by atoms with van der Waals surface area (Å²) in [7, 11) is -2.52. The van der Waals surface area contributed by atoms with Gasteiger partial charge in [-0.05, 0) is 48.7 Å². The molecule has 3 rings (SSSR count). The number of hydrogen-bond acceptors (Lipinski definition) is 4. The average Bonchev–Trinajstić information content (AvgIpc) is 2.87. The van der Waals surface area contributed by atoms with E-state index in [1.54, 1.807) is 36.4 Å². The molecular formula is C27H31N3O4S. The van der Waals surface area contributed by atoms with Gasteiger partial charge < -0.3 is 10.2 Å². The van der Waals surface area contributed by atoms with Crippen molar-refractivity contribution in [2.24, 2.45) is 0 Å². The van der Waals surface area contributed by atoms with Crippen LogP contribution in [0.25, 0.3) is 0 Å². The zero-order valence-corrected chi connectivity index (χ0v) is 21.0. The molecular weight excluding hydrogens is 462 g/mol. The summed E-state index contributed by atoms with van der Waals surface area (Å²) >= 11 is 0. The SMILES string of the molecule is CC[C@H](C(=O)NC)N(Cc1ccccc1)C(=O)CN(c1cccc(C)c1)S(=O)(=O)c1ccccc1. The van der Waals surface area contributed by atoms with Gasteiger partial charge in [0.15, 0.2) is 0 Å². The van der Waals surface area contributed by atoms with Crippen molar-refractivity contribution in [3.8, 4) is 0 Å². The molecule has 0 aromatic heterocycles. The maximum absolute atomic E-state index is 13.8. The number of anilines is 1. The van der Waals surface area contributed by atoms with E-state index in [-0.39, 0.29) is 17.3 Å². The summed E-state index contributed by atoms with van der Waals surface area (Å²) in [6, 6.07) is 23.6. The van der Waals surface area contributed by atoms with Crippen molar-refractivity contribution in [2.75, 3.05) is 17.9 Å². The first kappa shape index (κ1) is 26.0. The molecule has 0 spiro atoms. The fourth-order valence-corrected chi connectivity index (χ4v) is 5.32. The first-order valence-corrected chi connectivity index (χ1v) is 12.9. The Labute approximate surface area is 207 Å². The minimum Gasteiger partial charge on any atom is -0.357 e. The van der Waals surface area contributed by atoms with Crippen LogP contribution in [-0.2, 0) is 26.2 Å². The fraction of sp³-hybridized carbons (Fsp3) is 0.259.